The van der Waals surface area contributed by atoms with Crippen molar-refractivity contribution in [2.24, 2.45) is 0 Å². The lowest BCUT2D eigenvalue weighted by molar-refractivity contribution is -0.189. The Balaban J connectivity index is 2.44. The third-order valence-electron chi connectivity index (χ3n) is 3.11. The molecular weight excluding hydrogens is 360 g/mol. The average Bonchev–Trinajstić information content (AvgIpc) is 2.50. The molecular formula is C16H8F8O. The predicted molar refractivity (Wildman–Crippen MR) is 72.2 cm³/mol. The van der Waals surface area contributed by atoms with Gasteiger partial charge in [0.05, 0.1) is 0 Å². The van der Waals surface area contributed by atoms with E-state index in [0.717, 1.165) is 0 Å². The van der Waals surface area contributed by atoms with Gasteiger partial charge in [-0.15, -0.1) is 0 Å². The average molecular weight is 368 g/mol. The van der Waals surface area contributed by atoms with Gasteiger partial charge in [-0.3, -0.25) is 0 Å². The number of halogens is 8. The van der Waals surface area contributed by atoms with Gasteiger partial charge in [0.15, 0.2) is 17.5 Å². The molecule has 1 nitrogen and oxygen atoms in total. The van der Waals surface area contributed by atoms with Crippen LogP contribution in [0.15, 0.2) is 30.8 Å². The van der Waals surface area contributed by atoms with Crippen LogP contribution >= 0.6 is 0 Å². The Morgan fingerprint density at radius 3 is 1.80 bits per heavy atom. The highest BCUT2D eigenvalue weighted by molar-refractivity contribution is 5.64. The van der Waals surface area contributed by atoms with Crippen LogP contribution in [0.3, 0.4) is 0 Å². The molecule has 0 aliphatic rings. The van der Waals surface area contributed by atoms with E-state index in [1.807, 2.05) is 0 Å². The van der Waals surface area contributed by atoms with E-state index in [1.165, 1.54) is 0 Å². The molecule has 0 N–H and O–H groups in total. The summed E-state index contributed by atoms with van der Waals surface area (Å²) in [6.07, 6.45) is -4.69. The first kappa shape index (κ1) is 18.8. The molecule has 0 unspecified atom stereocenters. The monoisotopic (exact) mass is 368 g/mol. The third-order valence-corrected chi connectivity index (χ3v) is 3.11. The van der Waals surface area contributed by atoms with Crippen LogP contribution in [0.25, 0.3) is 5.57 Å². The van der Waals surface area contributed by atoms with Gasteiger partial charge in [0.2, 0.25) is 0 Å². The van der Waals surface area contributed by atoms with Crippen LogP contribution in [0.4, 0.5) is 35.1 Å². The van der Waals surface area contributed by atoms with E-state index in [0.29, 0.717) is 12.1 Å². The van der Waals surface area contributed by atoms with Crippen LogP contribution in [0.2, 0.25) is 0 Å². The van der Waals surface area contributed by atoms with E-state index in [-0.39, 0.29) is 17.7 Å². The fourth-order valence-corrected chi connectivity index (χ4v) is 1.92. The molecule has 0 aromatic heterocycles. The summed E-state index contributed by atoms with van der Waals surface area (Å²) in [6, 6.07) is 0.982. The quantitative estimate of drug-likeness (QED) is 0.501. The first-order valence-electron chi connectivity index (χ1n) is 6.51. The highest BCUT2D eigenvalue weighted by Crippen LogP contribution is 2.36. The van der Waals surface area contributed by atoms with E-state index in [4.69, 9.17) is 0 Å². The van der Waals surface area contributed by atoms with Crippen molar-refractivity contribution in [3.8, 4) is 5.75 Å². The van der Waals surface area contributed by atoms with E-state index < -0.39 is 58.7 Å². The van der Waals surface area contributed by atoms with Crippen LogP contribution in [-0.2, 0) is 6.11 Å². The summed E-state index contributed by atoms with van der Waals surface area (Å²) in [5.74, 6) is -10.4. The van der Waals surface area contributed by atoms with Crippen molar-refractivity contribution in [3.63, 3.8) is 0 Å². The van der Waals surface area contributed by atoms with Gasteiger partial charge in [-0.05, 0) is 23.3 Å². The van der Waals surface area contributed by atoms with Gasteiger partial charge in [0, 0.05) is 12.1 Å². The lowest BCUT2D eigenvalue weighted by Gasteiger charge is -2.20. The van der Waals surface area contributed by atoms with Crippen molar-refractivity contribution in [1.82, 2.24) is 0 Å². The minimum absolute atomic E-state index is 0.0848. The molecule has 0 aliphatic heterocycles. The van der Waals surface area contributed by atoms with Crippen molar-refractivity contribution in [1.29, 1.82) is 0 Å². The van der Waals surface area contributed by atoms with Crippen LogP contribution in [-0.4, -0.2) is 6.67 Å². The lowest BCUT2D eigenvalue weighted by atomic mass is 10.0. The number of hydrogen-bond donors (Lipinski definition) is 0. The fraction of sp³-hybridized carbons (Fsp3) is 0.125. The Hall–Kier alpha value is -2.58. The van der Waals surface area contributed by atoms with E-state index in [2.05, 4.69) is 11.3 Å². The standard InChI is InChI=1S/C16H8F8O/c1-7(6-17)8-2-10(18)14(11(19)3-8)16(23,24)25-9-4-12(20)15(22)13(21)5-9/h2-5H,1,6H2. The van der Waals surface area contributed by atoms with Crippen molar-refractivity contribution in [2.75, 3.05) is 6.67 Å². The van der Waals surface area contributed by atoms with E-state index >= 15 is 0 Å². The molecule has 0 saturated carbocycles. The fourth-order valence-electron chi connectivity index (χ4n) is 1.92. The molecule has 0 fully saturated rings. The van der Waals surface area contributed by atoms with Gasteiger partial charge >= 0.3 is 6.11 Å². The molecule has 0 bridgehead atoms. The minimum Gasteiger partial charge on any atom is -0.429 e. The maximum atomic E-state index is 14.0. The van der Waals surface area contributed by atoms with Gasteiger partial charge < -0.3 is 4.74 Å². The highest BCUT2D eigenvalue weighted by atomic mass is 19.3. The second-order valence-corrected chi connectivity index (χ2v) is 4.87. The predicted octanol–water partition coefficient (Wildman–Crippen LogP) is 5.49. The lowest BCUT2D eigenvalue weighted by Crippen LogP contribution is -2.25. The number of allylic oxidation sites excluding steroid dienone is 1. The molecule has 0 aliphatic carbocycles. The summed E-state index contributed by atoms with van der Waals surface area (Å²) in [6.45, 7) is 2.00. The molecule has 0 heterocycles. The summed E-state index contributed by atoms with van der Waals surface area (Å²) in [5, 5.41) is 0. The van der Waals surface area contributed by atoms with Gasteiger partial charge in [-0.1, -0.05) is 6.58 Å². The van der Waals surface area contributed by atoms with Gasteiger partial charge in [-0.2, -0.15) is 8.78 Å². The van der Waals surface area contributed by atoms with Gasteiger partial charge in [0.25, 0.3) is 0 Å². The Labute approximate surface area is 136 Å². The second-order valence-electron chi connectivity index (χ2n) is 4.87. The first-order valence-corrected chi connectivity index (χ1v) is 6.51. The highest BCUT2D eigenvalue weighted by Gasteiger charge is 2.41. The number of benzene rings is 2. The zero-order valence-corrected chi connectivity index (χ0v) is 12.2. The number of hydrogen-bond acceptors (Lipinski definition) is 1. The second kappa shape index (κ2) is 6.73. The first-order chi connectivity index (χ1) is 11.6. The Morgan fingerprint density at radius 2 is 1.36 bits per heavy atom. The van der Waals surface area contributed by atoms with Gasteiger partial charge in [0.1, 0.15) is 29.6 Å². The molecule has 9 heteroatoms. The van der Waals surface area contributed by atoms with E-state index in [9.17, 15) is 35.1 Å². The largest absolute Gasteiger partial charge is 0.432 e. The van der Waals surface area contributed by atoms with Crippen LogP contribution in [0.1, 0.15) is 11.1 Å². The summed E-state index contributed by atoms with van der Waals surface area (Å²) in [7, 11) is 0. The Kier molecular flexibility index (Phi) is 5.05. The maximum absolute atomic E-state index is 14.0. The molecule has 25 heavy (non-hydrogen) atoms. The SMILES string of the molecule is C=C(CF)c1cc(F)c(C(F)(F)Oc2cc(F)c(F)c(F)c2)c(F)c1. The number of rotatable bonds is 5. The molecule has 2 aromatic rings. The molecule has 2 rings (SSSR count). The smallest absolute Gasteiger partial charge is 0.429 e. The number of alkyl halides is 3. The molecule has 0 atom stereocenters. The van der Waals surface area contributed by atoms with Gasteiger partial charge in [-0.25, -0.2) is 26.3 Å². The van der Waals surface area contributed by atoms with Crippen LogP contribution in [0.5, 0.6) is 5.75 Å². The summed E-state index contributed by atoms with van der Waals surface area (Å²) in [4.78, 5) is 0. The normalized spacial score (nSPS) is 11.5. The summed E-state index contributed by atoms with van der Waals surface area (Å²) >= 11 is 0. The molecule has 134 valence electrons. The zero-order valence-electron chi connectivity index (χ0n) is 12.2. The van der Waals surface area contributed by atoms with Crippen LogP contribution < -0.4 is 4.74 Å². The van der Waals surface area contributed by atoms with E-state index in [1.54, 1.807) is 0 Å². The summed E-state index contributed by atoms with van der Waals surface area (Å²) < 4.78 is 111. The minimum atomic E-state index is -4.69. The third kappa shape index (κ3) is 3.75. The zero-order chi connectivity index (χ0) is 18.9. The Morgan fingerprint density at radius 1 is 0.880 bits per heavy atom. The molecule has 2 aromatic carbocycles. The molecule has 0 spiro atoms. The van der Waals surface area contributed by atoms with Crippen molar-refractivity contribution < 1.29 is 39.9 Å². The molecule has 0 saturated heterocycles. The van der Waals surface area contributed by atoms with Crippen LogP contribution in [0, 0.1) is 29.1 Å². The summed E-state index contributed by atoms with van der Waals surface area (Å²) in [5.41, 5.74) is -2.61. The molecule has 0 radical (unpaired) electrons. The number of ether oxygens (including phenoxy) is 1. The molecule has 0 amide bonds. The van der Waals surface area contributed by atoms with Crippen molar-refractivity contribution in [3.05, 3.63) is 71.1 Å². The maximum Gasteiger partial charge on any atom is 0.432 e. The Bertz CT molecular complexity index is 785. The van der Waals surface area contributed by atoms with Crippen molar-refractivity contribution in [2.45, 2.75) is 6.11 Å². The topological polar surface area (TPSA) is 9.23 Å². The van der Waals surface area contributed by atoms with Crippen molar-refractivity contribution >= 4 is 5.57 Å².